The van der Waals surface area contributed by atoms with Crippen LogP contribution in [0.25, 0.3) is 0 Å². The van der Waals surface area contributed by atoms with Crippen LogP contribution in [0.5, 0.6) is 0 Å². The third kappa shape index (κ3) is 2.95. The molecule has 1 aliphatic carbocycles. The highest BCUT2D eigenvalue weighted by molar-refractivity contribution is 5.51. The van der Waals surface area contributed by atoms with Gasteiger partial charge in [-0.25, -0.2) is 4.98 Å². The highest BCUT2D eigenvalue weighted by atomic mass is 16.3. The Morgan fingerprint density at radius 2 is 2.29 bits per heavy atom. The molecule has 0 amide bonds. The third-order valence-corrected chi connectivity index (χ3v) is 3.35. The first-order chi connectivity index (χ1) is 8.31. The fourth-order valence-electron chi connectivity index (χ4n) is 2.35. The van der Waals surface area contributed by atoms with E-state index in [2.05, 4.69) is 16.4 Å². The third-order valence-electron chi connectivity index (χ3n) is 3.35. The second-order valence-corrected chi connectivity index (χ2v) is 4.50. The molecule has 1 heterocycles. The Hall–Kier alpha value is -1.60. The molecule has 0 bridgehead atoms. The summed E-state index contributed by atoms with van der Waals surface area (Å²) in [5.41, 5.74) is 0.520. The van der Waals surface area contributed by atoms with E-state index in [1.54, 1.807) is 18.3 Å². The molecule has 1 aromatic heterocycles. The van der Waals surface area contributed by atoms with Gasteiger partial charge >= 0.3 is 0 Å². The summed E-state index contributed by atoms with van der Waals surface area (Å²) >= 11 is 0. The Morgan fingerprint density at radius 3 is 3.00 bits per heavy atom. The van der Waals surface area contributed by atoms with Gasteiger partial charge < -0.3 is 10.4 Å². The highest BCUT2D eigenvalue weighted by Gasteiger charge is 2.23. The zero-order chi connectivity index (χ0) is 12.1. The molecule has 1 fully saturated rings. The number of aromatic nitrogens is 1. The standard InChI is InChI=1S/C13H17N3O/c14-8-11-6-3-7-15-13(11)16-9-12(17)10-4-1-2-5-10/h3,6-7,10,12,17H,1-2,4-5,9H2,(H,15,16). The first-order valence-corrected chi connectivity index (χ1v) is 6.08. The number of aliphatic hydroxyl groups is 1. The Bertz CT molecular complexity index is 407. The molecule has 1 unspecified atom stereocenters. The number of hydrogen-bond acceptors (Lipinski definition) is 4. The van der Waals surface area contributed by atoms with E-state index >= 15 is 0 Å². The van der Waals surface area contributed by atoms with Crippen LogP contribution in [0.1, 0.15) is 31.2 Å². The van der Waals surface area contributed by atoms with Gasteiger partial charge in [-0.15, -0.1) is 0 Å². The Morgan fingerprint density at radius 1 is 1.53 bits per heavy atom. The maximum Gasteiger partial charge on any atom is 0.143 e. The molecule has 1 aliphatic rings. The molecule has 1 aromatic rings. The van der Waals surface area contributed by atoms with E-state index in [-0.39, 0.29) is 6.10 Å². The van der Waals surface area contributed by atoms with Crippen molar-refractivity contribution in [2.24, 2.45) is 5.92 Å². The van der Waals surface area contributed by atoms with E-state index in [0.29, 0.717) is 23.8 Å². The first-order valence-electron chi connectivity index (χ1n) is 6.08. The smallest absolute Gasteiger partial charge is 0.143 e. The van der Waals surface area contributed by atoms with Crippen molar-refractivity contribution in [2.75, 3.05) is 11.9 Å². The molecule has 2 rings (SSSR count). The van der Waals surface area contributed by atoms with E-state index in [0.717, 1.165) is 12.8 Å². The van der Waals surface area contributed by atoms with Crippen LogP contribution < -0.4 is 5.32 Å². The molecule has 17 heavy (non-hydrogen) atoms. The summed E-state index contributed by atoms with van der Waals surface area (Å²) < 4.78 is 0. The van der Waals surface area contributed by atoms with E-state index < -0.39 is 0 Å². The van der Waals surface area contributed by atoms with Crippen LogP contribution in [0.15, 0.2) is 18.3 Å². The molecule has 0 aliphatic heterocycles. The van der Waals surface area contributed by atoms with Crippen molar-refractivity contribution in [3.05, 3.63) is 23.9 Å². The Balaban J connectivity index is 1.91. The number of aliphatic hydroxyl groups excluding tert-OH is 1. The van der Waals surface area contributed by atoms with Gasteiger partial charge in [-0.05, 0) is 30.9 Å². The minimum Gasteiger partial charge on any atom is -0.391 e. The minimum atomic E-state index is -0.342. The van der Waals surface area contributed by atoms with E-state index in [9.17, 15) is 5.11 Å². The lowest BCUT2D eigenvalue weighted by atomic mass is 10.0. The first kappa shape index (κ1) is 11.9. The summed E-state index contributed by atoms with van der Waals surface area (Å²) in [6.07, 6.45) is 5.95. The van der Waals surface area contributed by atoms with Gasteiger partial charge in [0.1, 0.15) is 11.9 Å². The van der Waals surface area contributed by atoms with Crippen LogP contribution in [0.2, 0.25) is 0 Å². The van der Waals surface area contributed by atoms with Crippen molar-refractivity contribution in [1.29, 1.82) is 5.26 Å². The minimum absolute atomic E-state index is 0.342. The lowest BCUT2D eigenvalue weighted by molar-refractivity contribution is 0.122. The lowest BCUT2D eigenvalue weighted by Crippen LogP contribution is -2.27. The number of rotatable bonds is 4. The Kier molecular flexibility index (Phi) is 3.94. The highest BCUT2D eigenvalue weighted by Crippen LogP contribution is 2.27. The topological polar surface area (TPSA) is 68.9 Å². The SMILES string of the molecule is N#Cc1cccnc1NCC(O)C1CCCC1. The summed E-state index contributed by atoms with van der Waals surface area (Å²) in [4.78, 5) is 4.10. The van der Waals surface area contributed by atoms with E-state index in [1.165, 1.54) is 12.8 Å². The average molecular weight is 231 g/mol. The zero-order valence-electron chi connectivity index (χ0n) is 9.76. The van der Waals surface area contributed by atoms with Crippen LogP contribution in [-0.4, -0.2) is 22.7 Å². The molecular formula is C13H17N3O. The summed E-state index contributed by atoms with van der Waals surface area (Å²) in [7, 11) is 0. The molecule has 1 saturated carbocycles. The van der Waals surface area contributed by atoms with Gasteiger partial charge in [-0.3, -0.25) is 0 Å². The van der Waals surface area contributed by atoms with Crippen LogP contribution in [-0.2, 0) is 0 Å². The fourth-order valence-corrected chi connectivity index (χ4v) is 2.35. The van der Waals surface area contributed by atoms with Crippen molar-refractivity contribution in [3.8, 4) is 6.07 Å². The normalized spacial score (nSPS) is 17.6. The zero-order valence-corrected chi connectivity index (χ0v) is 9.76. The second kappa shape index (κ2) is 5.65. The van der Waals surface area contributed by atoms with Gasteiger partial charge in [0.25, 0.3) is 0 Å². The van der Waals surface area contributed by atoms with Crippen molar-refractivity contribution in [3.63, 3.8) is 0 Å². The van der Waals surface area contributed by atoms with Crippen molar-refractivity contribution < 1.29 is 5.11 Å². The maximum absolute atomic E-state index is 10.0. The number of hydrogen-bond donors (Lipinski definition) is 2. The van der Waals surface area contributed by atoms with E-state index in [1.807, 2.05) is 0 Å². The van der Waals surface area contributed by atoms with Gasteiger partial charge in [0.2, 0.25) is 0 Å². The predicted octanol–water partition coefficient (Wildman–Crippen LogP) is 1.92. The van der Waals surface area contributed by atoms with Crippen LogP contribution in [0, 0.1) is 17.2 Å². The van der Waals surface area contributed by atoms with Gasteiger partial charge in [0.05, 0.1) is 11.7 Å². The molecule has 4 heteroatoms. The van der Waals surface area contributed by atoms with Crippen molar-refractivity contribution in [2.45, 2.75) is 31.8 Å². The molecular weight excluding hydrogens is 214 g/mol. The molecule has 0 spiro atoms. The fraction of sp³-hybridized carbons (Fsp3) is 0.538. The number of nitrogens with zero attached hydrogens (tertiary/aromatic N) is 2. The molecule has 90 valence electrons. The summed E-state index contributed by atoms with van der Waals surface area (Å²) in [6, 6.07) is 5.54. The summed E-state index contributed by atoms with van der Waals surface area (Å²) in [6.45, 7) is 0.469. The molecule has 0 radical (unpaired) electrons. The van der Waals surface area contributed by atoms with Crippen LogP contribution in [0.4, 0.5) is 5.82 Å². The molecule has 0 saturated heterocycles. The Labute approximate surface area is 101 Å². The maximum atomic E-state index is 10.0. The molecule has 2 N–H and O–H groups in total. The second-order valence-electron chi connectivity index (χ2n) is 4.50. The summed E-state index contributed by atoms with van der Waals surface area (Å²) in [5.74, 6) is 0.962. The predicted molar refractivity (Wildman–Crippen MR) is 65.4 cm³/mol. The van der Waals surface area contributed by atoms with Crippen molar-refractivity contribution >= 4 is 5.82 Å². The number of anilines is 1. The average Bonchev–Trinajstić information content (AvgIpc) is 2.90. The van der Waals surface area contributed by atoms with Crippen molar-refractivity contribution in [1.82, 2.24) is 4.98 Å². The van der Waals surface area contributed by atoms with Crippen LogP contribution >= 0.6 is 0 Å². The number of nitriles is 1. The number of pyridine rings is 1. The molecule has 0 aromatic carbocycles. The monoisotopic (exact) mass is 231 g/mol. The van der Waals surface area contributed by atoms with Gasteiger partial charge in [-0.1, -0.05) is 12.8 Å². The van der Waals surface area contributed by atoms with Crippen LogP contribution in [0.3, 0.4) is 0 Å². The molecule has 4 nitrogen and oxygen atoms in total. The number of nitrogens with one attached hydrogen (secondary N) is 1. The van der Waals surface area contributed by atoms with Gasteiger partial charge in [0.15, 0.2) is 0 Å². The lowest BCUT2D eigenvalue weighted by Gasteiger charge is -2.18. The largest absolute Gasteiger partial charge is 0.391 e. The molecule has 1 atom stereocenters. The van der Waals surface area contributed by atoms with E-state index in [4.69, 9.17) is 5.26 Å². The summed E-state index contributed by atoms with van der Waals surface area (Å²) in [5, 5.41) is 22.0. The van der Waals surface area contributed by atoms with Gasteiger partial charge in [0, 0.05) is 12.7 Å². The van der Waals surface area contributed by atoms with Gasteiger partial charge in [-0.2, -0.15) is 5.26 Å². The quantitative estimate of drug-likeness (QED) is 0.830.